The fourth-order valence-electron chi connectivity index (χ4n) is 1.30. The summed E-state index contributed by atoms with van der Waals surface area (Å²) in [6.07, 6.45) is 3.75. The van der Waals surface area contributed by atoms with Crippen LogP contribution in [0, 0.1) is 5.92 Å². The lowest BCUT2D eigenvalue weighted by molar-refractivity contribution is -0.127. The van der Waals surface area contributed by atoms with Crippen LogP contribution in [0.4, 0.5) is 0 Å². The number of nitrogens with one attached hydrogen (secondary N) is 1. The van der Waals surface area contributed by atoms with Crippen molar-refractivity contribution in [1.29, 1.82) is 0 Å². The molecular weight excluding hydrogens is 216 g/mol. The average Bonchev–Trinajstić information content (AvgIpc) is 2.29. The molecule has 0 aliphatic rings. The molecule has 1 amide bonds. The van der Waals surface area contributed by atoms with Crippen molar-refractivity contribution in [2.75, 3.05) is 6.54 Å². The Hall–Kier alpha value is -1.58. The Balaban J connectivity index is 2.32. The molecule has 0 aliphatic heterocycles. The summed E-state index contributed by atoms with van der Waals surface area (Å²) >= 11 is 0. The normalized spacial score (nSPS) is 12.2. The lowest BCUT2D eigenvalue weighted by atomic mass is 10.1. The Morgan fingerprint density at radius 3 is 2.82 bits per heavy atom. The zero-order valence-corrected chi connectivity index (χ0v) is 10.6. The fourth-order valence-corrected chi connectivity index (χ4v) is 1.30. The van der Waals surface area contributed by atoms with Gasteiger partial charge in [0, 0.05) is 12.7 Å². The van der Waals surface area contributed by atoms with Gasteiger partial charge >= 0.3 is 0 Å². The van der Waals surface area contributed by atoms with Crippen molar-refractivity contribution in [2.24, 2.45) is 5.92 Å². The van der Waals surface area contributed by atoms with Gasteiger partial charge in [-0.05, 0) is 31.4 Å². The molecule has 1 aromatic rings. The minimum Gasteiger partial charge on any atom is -0.479 e. The molecule has 0 spiro atoms. The summed E-state index contributed by atoms with van der Waals surface area (Å²) < 4.78 is 5.46. The average molecular weight is 236 g/mol. The second kappa shape index (κ2) is 6.89. The van der Waals surface area contributed by atoms with E-state index in [0.717, 1.165) is 6.42 Å². The van der Waals surface area contributed by atoms with Crippen LogP contribution in [0.2, 0.25) is 0 Å². The van der Waals surface area contributed by atoms with E-state index in [1.807, 2.05) is 0 Å². The van der Waals surface area contributed by atoms with Gasteiger partial charge in [-0.15, -0.1) is 0 Å². The highest BCUT2D eigenvalue weighted by atomic mass is 16.5. The molecule has 0 bridgehead atoms. The Morgan fingerprint density at radius 1 is 1.47 bits per heavy atom. The van der Waals surface area contributed by atoms with Crippen molar-refractivity contribution in [3.05, 3.63) is 24.5 Å². The summed E-state index contributed by atoms with van der Waals surface area (Å²) in [6, 6.07) is 3.56. The maximum Gasteiger partial charge on any atom is 0.260 e. The Labute approximate surface area is 102 Å². The van der Waals surface area contributed by atoms with Crippen LogP contribution in [-0.2, 0) is 4.79 Å². The maximum atomic E-state index is 11.7. The molecule has 94 valence electrons. The topological polar surface area (TPSA) is 51.2 Å². The number of nitrogens with zero attached hydrogens (tertiary/aromatic N) is 1. The molecule has 17 heavy (non-hydrogen) atoms. The highest BCUT2D eigenvalue weighted by Gasteiger charge is 2.13. The summed E-state index contributed by atoms with van der Waals surface area (Å²) in [5.74, 6) is 1.11. The largest absolute Gasteiger partial charge is 0.479 e. The van der Waals surface area contributed by atoms with Gasteiger partial charge in [0.05, 0.1) is 6.20 Å². The summed E-state index contributed by atoms with van der Waals surface area (Å²) in [6.45, 7) is 6.68. The molecule has 0 radical (unpaired) electrons. The third-order valence-corrected chi connectivity index (χ3v) is 2.34. The second-order valence-corrected chi connectivity index (χ2v) is 4.42. The first-order valence-electron chi connectivity index (χ1n) is 5.94. The summed E-state index contributed by atoms with van der Waals surface area (Å²) in [7, 11) is 0. The first-order chi connectivity index (χ1) is 8.09. The number of ether oxygens (including phenoxy) is 1. The third kappa shape index (κ3) is 5.33. The minimum atomic E-state index is -0.494. The third-order valence-electron chi connectivity index (χ3n) is 2.34. The van der Waals surface area contributed by atoms with Crippen molar-refractivity contribution in [3.63, 3.8) is 0 Å². The predicted octanol–water partition coefficient (Wildman–Crippen LogP) is 2.01. The first-order valence-corrected chi connectivity index (χ1v) is 5.94. The number of aromatic nitrogens is 1. The molecular formula is C13H20N2O2. The lowest BCUT2D eigenvalue weighted by Gasteiger charge is -2.14. The SMILES string of the molecule is CC(C)CCNC(=O)C(C)Oc1cccnc1. The van der Waals surface area contributed by atoms with E-state index in [1.54, 1.807) is 31.5 Å². The Morgan fingerprint density at radius 2 is 2.24 bits per heavy atom. The monoisotopic (exact) mass is 236 g/mol. The van der Waals surface area contributed by atoms with Crippen LogP contribution in [0.5, 0.6) is 5.75 Å². The zero-order chi connectivity index (χ0) is 12.7. The van der Waals surface area contributed by atoms with Crippen LogP contribution < -0.4 is 10.1 Å². The van der Waals surface area contributed by atoms with Crippen LogP contribution in [0.3, 0.4) is 0 Å². The van der Waals surface area contributed by atoms with Crippen LogP contribution in [-0.4, -0.2) is 23.5 Å². The molecule has 1 N–H and O–H groups in total. The van der Waals surface area contributed by atoms with Crippen molar-refractivity contribution in [3.8, 4) is 5.75 Å². The van der Waals surface area contributed by atoms with Gasteiger partial charge in [0.1, 0.15) is 5.75 Å². The fraction of sp³-hybridized carbons (Fsp3) is 0.538. The summed E-state index contributed by atoms with van der Waals surface area (Å²) in [5.41, 5.74) is 0. The van der Waals surface area contributed by atoms with E-state index in [9.17, 15) is 4.79 Å². The molecule has 1 aromatic heterocycles. The van der Waals surface area contributed by atoms with Gasteiger partial charge in [-0.3, -0.25) is 9.78 Å². The molecule has 0 saturated carbocycles. The molecule has 4 heteroatoms. The van der Waals surface area contributed by atoms with Crippen LogP contribution >= 0.6 is 0 Å². The maximum absolute atomic E-state index is 11.7. The number of carbonyl (C=O) groups is 1. The van der Waals surface area contributed by atoms with Crippen molar-refractivity contribution < 1.29 is 9.53 Å². The number of amides is 1. The van der Waals surface area contributed by atoms with Crippen molar-refractivity contribution in [1.82, 2.24) is 10.3 Å². The highest BCUT2D eigenvalue weighted by Crippen LogP contribution is 2.08. The van der Waals surface area contributed by atoms with E-state index >= 15 is 0 Å². The molecule has 1 unspecified atom stereocenters. The van der Waals surface area contributed by atoms with E-state index in [-0.39, 0.29) is 5.91 Å². The van der Waals surface area contributed by atoms with Crippen molar-refractivity contribution >= 4 is 5.91 Å². The van der Waals surface area contributed by atoms with Crippen LogP contribution in [0.1, 0.15) is 27.2 Å². The lowest BCUT2D eigenvalue weighted by Crippen LogP contribution is -2.37. The molecule has 0 fully saturated rings. The molecule has 0 saturated heterocycles. The smallest absolute Gasteiger partial charge is 0.260 e. The zero-order valence-electron chi connectivity index (χ0n) is 10.6. The number of pyridine rings is 1. The molecule has 0 aliphatic carbocycles. The number of rotatable bonds is 6. The summed E-state index contributed by atoms with van der Waals surface area (Å²) in [5, 5.41) is 2.85. The molecule has 1 heterocycles. The molecule has 1 atom stereocenters. The van der Waals surface area contributed by atoms with Gasteiger partial charge in [0.2, 0.25) is 0 Å². The molecule has 0 aromatic carbocycles. The minimum absolute atomic E-state index is 0.0884. The van der Waals surface area contributed by atoms with E-state index in [2.05, 4.69) is 24.1 Å². The number of hydrogen-bond acceptors (Lipinski definition) is 3. The van der Waals surface area contributed by atoms with Gasteiger partial charge in [-0.2, -0.15) is 0 Å². The number of carbonyl (C=O) groups excluding carboxylic acids is 1. The predicted molar refractivity (Wildman–Crippen MR) is 66.8 cm³/mol. The molecule has 1 rings (SSSR count). The van der Waals surface area contributed by atoms with Gasteiger partial charge in [0.15, 0.2) is 6.10 Å². The van der Waals surface area contributed by atoms with E-state index in [1.165, 1.54) is 0 Å². The Bertz CT molecular complexity index is 339. The second-order valence-electron chi connectivity index (χ2n) is 4.42. The van der Waals surface area contributed by atoms with E-state index in [0.29, 0.717) is 18.2 Å². The van der Waals surface area contributed by atoms with Crippen molar-refractivity contribution in [2.45, 2.75) is 33.3 Å². The first kappa shape index (κ1) is 13.5. The van der Waals surface area contributed by atoms with Gasteiger partial charge in [0.25, 0.3) is 5.91 Å². The quantitative estimate of drug-likeness (QED) is 0.822. The highest BCUT2D eigenvalue weighted by molar-refractivity contribution is 5.80. The molecule has 4 nitrogen and oxygen atoms in total. The van der Waals surface area contributed by atoms with E-state index in [4.69, 9.17) is 4.74 Å². The van der Waals surface area contributed by atoms with Crippen LogP contribution in [0.25, 0.3) is 0 Å². The van der Waals surface area contributed by atoms with Gasteiger partial charge < -0.3 is 10.1 Å². The Kier molecular flexibility index (Phi) is 5.46. The van der Waals surface area contributed by atoms with Crippen LogP contribution in [0.15, 0.2) is 24.5 Å². The number of hydrogen-bond donors (Lipinski definition) is 1. The van der Waals surface area contributed by atoms with Gasteiger partial charge in [-0.25, -0.2) is 0 Å². The summed E-state index contributed by atoms with van der Waals surface area (Å²) in [4.78, 5) is 15.6. The van der Waals surface area contributed by atoms with E-state index < -0.39 is 6.10 Å². The van der Waals surface area contributed by atoms with Gasteiger partial charge in [-0.1, -0.05) is 13.8 Å². The standard InChI is InChI=1S/C13H20N2O2/c1-10(2)6-8-15-13(16)11(3)17-12-5-4-7-14-9-12/h4-5,7,9-11H,6,8H2,1-3H3,(H,15,16).